The number of carbonyl (C=O) groups is 1. The summed E-state index contributed by atoms with van der Waals surface area (Å²) in [6.45, 7) is 4.68. The summed E-state index contributed by atoms with van der Waals surface area (Å²) in [4.78, 5) is 23.4. The Bertz CT molecular complexity index is 1780. The van der Waals surface area contributed by atoms with Gasteiger partial charge in [0.15, 0.2) is 0 Å². The number of unbranched alkanes of at least 4 members (excludes halogenated alkanes) is 26. The van der Waals surface area contributed by atoms with E-state index in [0.29, 0.717) is 17.4 Å². The number of carbonyl (C=O) groups excluding carboxylic acids is 1. The van der Waals surface area contributed by atoms with Crippen LogP contribution in [0.2, 0.25) is 0 Å². The maximum absolute atomic E-state index is 13.0. The Morgan fingerprint density at radius 2 is 0.753 bits per heavy atom. The largest absolute Gasteiger partial charge is 0.472 e. The normalized spacial score (nSPS) is 14.6. The smallest absolute Gasteiger partial charge is 0.387 e. The van der Waals surface area contributed by atoms with Crippen LogP contribution < -0.4 is 5.32 Å². The summed E-state index contributed by atoms with van der Waals surface area (Å²) >= 11 is 0. The van der Waals surface area contributed by atoms with Crippen LogP contribution in [0.5, 0.6) is 0 Å². The number of phosphoric ester groups is 1. The van der Waals surface area contributed by atoms with Crippen molar-refractivity contribution in [2.75, 3.05) is 40.9 Å². The molecule has 0 saturated carbocycles. The van der Waals surface area contributed by atoms with Crippen LogP contribution in [-0.4, -0.2) is 73.4 Å². The summed E-state index contributed by atoms with van der Waals surface area (Å²) in [6, 6.07) is -0.877. The monoisotopic (exact) mass is 1150 g/mol. The Labute approximate surface area is 500 Å². The molecule has 464 valence electrons. The highest BCUT2D eigenvalue weighted by Crippen LogP contribution is 2.43. The van der Waals surface area contributed by atoms with Crippen LogP contribution >= 0.6 is 7.82 Å². The quantitative estimate of drug-likeness (QED) is 0.0243. The van der Waals surface area contributed by atoms with Crippen LogP contribution in [0.25, 0.3) is 0 Å². The van der Waals surface area contributed by atoms with Crippen molar-refractivity contribution in [3.63, 3.8) is 0 Å². The van der Waals surface area contributed by atoms with Crippen LogP contribution in [0.3, 0.4) is 0 Å². The minimum Gasteiger partial charge on any atom is -0.387 e. The molecular weight excluding hydrogens is 1020 g/mol. The van der Waals surface area contributed by atoms with E-state index in [2.05, 4.69) is 141 Å². The van der Waals surface area contributed by atoms with Crippen molar-refractivity contribution in [1.29, 1.82) is 0 Å². The summed E-state index contributed by atoms with van der Waals surface area (Å²) in [5, 5.41) is 14.0. The van der Waals surface area contributed by atoms with E-state index in [1.807, 2.05) is 27.2 Å². The van der Waals surface area contributed by atoms with Gasteiger partial charge in [0, 0.05) is 6.42 Å². The molecule has 0 aliphatic rings. The molecule has 0 aromatic heterocycles. The van der Waals surface area contributed by atoms with E-state index in [1.54, 1.807) is 6.08 Å². The minimum atomic E-state index is -4.37. The number of rotatable bonds is 59. The zero-order valence-electron chi connectivity index (χ0n) is 53.0. The zero-order chi connectivity index (χ0) is 59.1. The van der Waals surface area contributed by atoms with E-state index >= 15 is 0 Å². The molecule has 3 unspecified atom stereocenters. The Kier molecular flexibility index (Phi) is 58.7. The van der Waals surface area contributed by atoms with Crippen molar-refractivity contribution in [3.8, 4) is 0 Å². The maximum atomic E-state index is 13.0. The lowest BCUT2D eigenvalue weighted by molar-refractivity contribution is -0.870. The number of hydrogen-bond donors (Lipinski definition) is 3. The second kappa shape index (κ2) is 61.2. The first-order valence-corrected chi connectivity index (χ1v) is 34.6. The summed E-state index contributed by atoms with van der Waals surface area (Å²) in [6.07, 6.45) is 92.9. The topological polar surface area (TPSA) is 105 Å². The average Bonchev–Trinajstić information content (AvgIpc) is 3.43. The van der Waals surface area contributed by atoms with E-state index in [-0.39, 0.29) is 19.1 Å². The zero-order valence-corrected chi connectivity index (χ0v) is 53.9. The molecule has 0 bridgehead atoms. The molecular formula is C72H126N2O6P+. The number of likely N-dealkylation sites (N-methyl/N-ethyl adjacent to an activating group) is 1. The Balaban J connectivity index is 4.20. The fourth-order valence-electron chi connectivity index (χ4n) is 8.99. The second-order valence-electron chi connectivity index (χ2n) is 23.1. The fourth-order valence-corrected chi connectivity index (χ4v) is 9.73. The van der Waals surface area contributed by atoms with Crippen molar-refractivity contribution in [2.24, 2.45) is 0 Å². The molecule has 0 fully saturated rings. The molecule has 0 spiro atoms. The highest BCUT2D eigenvalue weighted by atomic mass is 31.2. The summed E-state index contributed by atoms with van der Waals surface area (Å²) in [5.74, 6) is -0.197. The molecule has 0 aliphatic heterocycles. The SMILES string of the molecule is CC/C=C\C/C=C\C/C=C\C/C=C\C/C=C\C/C=C\C/C=C\C/C=C\C/C=C\CCCCCCCCCCCC(=O)NC(COP(=O)(O)OCC[N+](C)(C)C)C(O)/C=C/CC/C=C/CCCCCCCCCCCCCCCCCC. The maximum Gasteiger partial charge on any atom is 0.472 e. The van der Waals surface area contributed by atoms with Gasteiger partial charge < -0.3 is 19.8 Å². The summed E-state index contributed by atoms with van der Waals surface area (Å²) in [5.41, 5.74) is 0. The molecule has 0 saturated heterocycles. The molecule has 0 radical (unpaired) electrons. The van der Waals surface area contributed by atoms with Crippen LogP contribution in [0.15, 0.2) is 134 Å². The van der Waals surface area contributed by atoms with Crippen molar-refractivity contribution in [1.82, 2.24) is 5.32 Å². The molecule has 0 rings (SSSR count). The highest BCUT2D eigenvalue weighted by Gasteiger charge is 2.27. The summed E-state index contributed by atoms with van der Waals surface area (Å²) < 4.78 is 23.8. The number of aliphatic hydroxyl groups excluding tert-OH is 1. The van der Waals surface area contributed by atoms with Gasteiger partial charge in [-0.2, -0.15) is 0 Å². The molecule has 1 amide bonds. The van der Waals surface area contributed by atoms with E-state index in [1.165, 1.54) is 141 Å². The number of phosphoric acid groups is 1. The minimum absolute atomic E-state index is 0.0488. The van der Waals surface area contributed by atoms with E-state index in [4.69, 9.17) is 9.05 Å². The number of nitrogens with zero attached hydrogens (tertiary/aromatic N) is 1. The molecule has 9 heteroatoms. The lowest BCUT2D eigenvalue weighted by Crippen LogP contribution is -2.45. The van der Waals surface area contributed by atoms with Gasteiger partial charge in [0.05, 0.1) is 39.9 Å². The first-order chi connectivity index (χ1) is 39.5. The van der Waals surface area contributed by atoms with Crippen molar-refractivity contribution in [2.45, 2.75) is 276 Å². The first kappa shape index (κ1) is 77.6. The van der Waals surface area contributed by atoms with Gasteiger partial charge >= 0.3 is 7.82 Å². The molecule has 0 aromatic carbocycles. The Morgan fingerprint density at radius 3 is 1.14 bits per heavy atom. The second-order valence-corrected chi connectivity index (χ2v) is 24.6. The lowest BCUT2D eigenvalue weighted by atomic mass is 10.0. The Morgan fingerprint density at radius 1 is 0.432 bits per heavy atom. The van der Waals surface area contributed by atoms with Crippen LogP contribution in [-0.2, 0) is 18.4 Å². The van der Waals surface area contributed by atoms with Gasteiger partial charge in [-0.15, -0.1) is 0 Å². The number of aliphatic hydroxyl groups is 1. The third-order valence-electron chi connectivity index (χ3n) is 14.1. The molecule has 8 nitrogen and oxygen atoms in total. The molecule has 0 aromatic rings. The number of nitrogens with one attached hydrogen (secondary N) is 1. The van der Waals surface area contributed by atoms with E-state index in [0.717, 1.165) is 103 Å². The van der Waals surface area contributed by atoms with Gasteiger partial charge in [0.25, 0.3) is 0 Å². The predicted molar refractivity (Wildman–Crippen MR) is 355 cm³/mol. The number of quaternary nitrogens is 1. The van der Waals surface area contributed by atoms with Crippen molar-refractivity contribution >= 4 is 13.7 Å². The van der Waals surface area contributed by atoms with Gasteiger partial charge in [-0.25, -0.2) is 4.57 Å². The van der Waals surface area contributed by atoms with Gasteiger partial charge in [0.1, 0.15) is 13.2 Å². The number of amides is 1. The van der Waals surface area contributed by atoms with Gasteiger partial charge in [-0.1, -0.05) is 289 Å². The first-order valence-electron chi connectivity index (χ1n) is 33.1. The molecule has 81 heavy (non-hydrogen) atoms. The third kappa shape index (κ3) is 64.1. The number of allylic oxidation sites excluding steroid dienone is 21. The molecule has 3 atom stereocenters. The van der Waals surface area contributed by atoms with Crippen LogP contribution in [0.1, 0.15) is 264 Å². The van der Waals surface area contributed by atoms with E-state index < -0.39 is 20.0 Å². The van der Waals surface area contributed by atoms with Crippen molar-refractivity contribution < 1.29 is 32.9 Å². The van der Waals surface area contributed by atoms with Gasteiger partial charge in [-0.3, -0.25) is 13.8 Å². The summed E-state index contributed by atoms with van der Waals surface area (Å²) in [7, 11) is 1.54. The fraction of sp³-hybridized carbons (Fsp3) is 0.681. The predicted octanol–water partition coefficient (Wildman–Crippen LogP) is 21.0. The number of hydrogen-bond acceptors (Lipinski definition) is 5. The van der Waals surface area contributed by atoms with E-state index in [9.17, 15) is 19.4 Å². The highest BCUT2D eigenvalue weighted by molar-refractivity contribution is 7.47. The molecule has 0 aliphatic carbocycles. The van der Waals surface area contributed by atoms with Gasteiger partial charge in [-0.05, 0) is 103 Å². The van der Waals surface area contributed by atoms with Crippen molar-refractivity contribution in [3.05, 3.63) is 134 Å². The lowest BCUT2D eigenvalue weighted by Gasteiger charge is -2.25. The third-order valence-corrected chi connectivity index (χ3v) is 15.1. The average molecular weight is 1150 g/mol. The Hall–Kier alpha value is -3.36. The molecule has 3 N–H and O–H groups in total. The molecule has 0 heterocycles. The van der Waals surface area contributed by atoms with Crippen LogP contribution in [0, 0.1) is 0 Å². The standard InChI is InChI=1S/C72H125N2O6P/c1-6-8-10-12-14-16-18-20-22-24-26-28-30-31-32-33-34-35-36-37-38-39-40-41-42-43-44-46-48-50-52-54-56-58-60-62-64-66-72(76)73-70(69-80-81(77,78)79-68-67-74(3,4)5)71(75)65-63-61-59-57-55-53-51-49-47-45-29-27-25-23-21-19-17-15-13-11-9-7-2/h8,10,14,16,20,22,26,28,31-32,34-35,37-38,40-41,43-44,55,57,63,65,70-71,75H,6-7,9,11-13,15,17-19,21,23-25,27,29-30,33,36,39,42,45-54,56,58-62,64,66-69H2,1-5H3,(H-,73,76,77,78)/p+1/b10-8-,16-14-,22-20-,28-26-,32-31-,35-34-,38-37-,41-40-,44-43-,57-55+,65-63+. The van der Waals surface area contributed by atoms with Gasteiger partial charge in [0.2, 0.25) is 5.91 Å². The van der Waals surface area contributed by atoms with Crippen LogP contribution in [0.4, 0.5) is 0 Å².